The molecule has 1 aromatic heterocycles. The standard InChI is InChI=1S/C39H25N3OSi/c1-3-13-26(14-4-1)37-40-38(27-15-5-2-6-16-27)42-39(41-37)28-23-24-32-36(25-28)44(35-22-12-9-19-31(35)43-32)33-20-10-7-17-29(33)30-18-8-11-21-34(30)44/h1-25H. The summed E-state index contributed by atoms with van der Waals surface area (Å²) in [7, 11) is -2.72. The molecule has 0 aliphatic carbocycles. The smallest absolute Gasteiger partial charge is 0.189 e. The highest BCUT2D eigenvalue weighted by molar-refractivity contribution is 7.23. The summed E-state index contributed by atoms with van der Waals surface area (Å²) >= 11 is 0. The Hall–Kier alpha value is -5.65. The number of benzene rings is 6. The van der Waals surface area contributed by atoms with Gasteiger partial charge in [-0.1, -0.05) is 127 Å². The van der Waals surface area contributed by atoms with E-state index in [0.29, 0.717) is 17.5 Å². The van der Waals surface area contributed by atoms with Crippen LogP contribution in [0.15, 0.2) is 152 Å². The van der Waals surface area contributed by atoms with Crippen LogP contribution in [0.4, 0.5) is 0 Å². The Labute approximate surface area is 256 Å². The summed E-state index contributed by atoms with van der Waals surface area (Å²) in [6, 6.07) is 53.1. The molecular formula is C39H25N3OSi. The molecule has 4 nitrogen and oxygen atoms in total. The van der Waals surface area contributed by atoms with Gasteiger partial charge in [-0.05, 0) is 56.1 Å². The molecular weight excluding hydrogens is 555 g/mol. The van der Waals surface area contributed by atoms with E-state index in [1.165, 1.54) is 31.9 Å². The van der Waals surface area contributed by atoms with Crippen LogP contribution < -0.4 is 25.5 Å². The van der Waals surface area contributed by atoms with Crippen molar-refractivity contribution in [3.8, 4) is 56.8 Å². The Balaban J connectivity index is 1.32. The minimum absolute atomic E-state index is 0.642. The van der Waals surface area contributed by atoms with Gasteiger partial charge >= 0.3 is 0 Å². The van der Waals surface area contributed by atoms with E-state index in [9.17, 15) is 0 Å². The summed E-state index contributed by atoms with van der Waals surface area (Å²) in [6.45, 7) is 0. The summed E-state index contributed by atoms with van der Waals surface area (Å²) < 4.78 is 6.65. The van der Waals surface area contributed by atoms with Crippen molar-refractivity contribution >= 4 is 28.8 Å². The number of fused-ring (bicyclic) bond motifs is 9. The largest absolute Gasteiger partial charge is 0.458 e. The molecule has 0 unspecified atom stereocenters. The number of hydrogen-bond donors (Lipinski definition) is 0. The Kier molecular flexibility index (Phi) is 5.49. The fourth-order valence-electron chi connectivity index (χ4n) is 6.93. The highest BCUT2D eigenvalue weighted by Crippen LogP contribution is 2.37. The average Bonchev–Trinajstić information content (AvgIpc) is 3.40. The van der Waals surface area contributed by atoms with E-state index in [4.69, 9.17) is 19.7 Å². The zero-order valence-electron chi connectivity index (χ0n) is 23.7. The zero-order chi connectivity index (χ0) is 29.1. The lowest BCUT2D eigenvalue weighted by molar-refractivity contribution is 0.487. The van der Waals surface area contributed by atoms with Crippen LogP contribution in [0.1, 0.15) is 0 Å². The van der Waals surface area contributed by atoms with Crippen LogP contribution in [0.25, 0.3) is 45.3 Å². The summed E-state index contributed by atoms with van der Waals surface area (Å²) in [4.78, 5) is 15.0. The van der Waals surface area contributed by atoms with Crippen molar-refractivity contribution in [1.82, 2.24) is 15.0 Å². The van der Waals surface area contributed by atoms with Crippen LogP contribution in [0.2, 0.25) is 0 Å². The first kappa shape index (κ1) is 24.9. The number of aromatic nitrogens is 3. The third-order valence-electron chi connectivity index (χ3n) is 8.80. The fourth-order valence-corrected chi connectivity index (χ4v) is 12.3. The Morgan fingerprint density at radius 2 is 0.818 bits per heavy atom. The third kappa shape index (κ3) is 3.60. The minimum Gasteiger partial charge on any atom is -0.458 e. The molecule has 3 heterocycles. The van der Waals surface area contributed by atoms with Crippen molar-refractivity contribution in [3.63, 3.8) is 0 Å². The first-order valence-electron chi connectivity index (χ1n) is 14.8. The molecule has 7 aromatic rings. The SMILES string of the molecule is c1ccc(-c2nc(-c3ccccc3)nc(-c3ccc4c(c3)[Si]3(c5ccccc5O4)c4ccccc4-c4ccccc43)n2)cc1. The molecule has 206 valence electrons. The van der Waals surface area contributed by atoms with Gasteiger partial charge in [-0.25, -0.2) is 15.0 Å². The quantitative estimate of drug-likeness (QED) is 0.229. The number of para-hydroxylation sites is 1. The van der Waals surface area contributed by atoms with Gasteiger partial charge in [0.1, 0.15) is 11.5 Å². The van der Waals surface area contributed by atoms with E-state index in [1.54, 1.807) is 0 Å². The fraction of sp³-hybridized carbons (Fsp3) is 0. The number of nitrogens with zero attached hydrogens (tertiary/aromatic N) is 3. The molecule has 0 radical (unpaired) electrons. The van der Waals surface area contributed by atoms with E-state index in [0.717, 1.165) is 28.2 Å². The molecule has 2 aliphatic heterocycles. The van der Waals surface area contributed by atoms with Gasteiger partial charge in [0.2, 0.25) is 0 Å². The molecule has 1 spiro atoms. The third-order valence-corrected chi connectivity index (χ3v) is 13.7. The Morgan fingerprint density at radius 1 is 0.364 bits per heavy atom. The van der Waals surface area contributed by atoms with Crippen molar-refractivity contribution < 1.29 is 4.74 Å². The van der Waals surface area contributed by atoms with Gasteiger partial charge in [0.05, 0.1) is 0 Å². The minimum atomic E-state index is -2.72. The van der Waals surface area contributed by atoms with Gasteiger partial charge < -0.3 is 4.74 Å². The summed E-state index contributed by atoms with van der Waals surface area (Å²) in [5.74, 6) is 3.77. The maximum absolute atomic E-state index is 6.65. The van der Waals surface area contributed by atoms with Crippen molar-refractivity contribution in [2.24, 2.45) is 0 Å². The second-order valence-electron chi connectivity index (χ2n) is 11.2. The predicted octanol–water partition coefficient (Wildman–Crippen LogP) is 6.34. The van der Waals surface area contributed by atoms with Crippen LogP contribution >= 0.6 is 0 Å². The second-order valence-corrected chi connectivity index (χ2v) is 14.8. The molecule has 0 bridgehead atoms. The average molecular weight is 580 g/mol. The monoisotopic (exact) mass is 579 g/mol. The Bertz CT molecular complexity index is 2110. The molecule has 0 saturated carbocycles. The number of ether oxygens (including phenoxy) is 1. The van der Waals surface area contributed by atoms with Gasteiger partial charge in [0.25, 0.3) is 0 Å². The van der Waals surface area contributed by atoms with E-state index < -0.39 is 8.07 Å². The van der Waals surface area contributed by atoms with Crippen LogP contribution in [0.5, 0.6) is 11.5 Å². The molecule has 6 aromatic carbocycles. The topological polar surface area (TPSA) is 47.9 Å². The maximum Gasteiger partial charge on any atom is 0.189 e. The molecule has 9 rings (SSSR count). The first-order chi connectivity index (χ1) is 21.8. The molecule has 0 amide bonds. The van der Waals surface area contributed by atoms with Crippen LogP contribution in [-0.2, 0) is 0 Å². The number of rotatable bonds is 3. The first-order valence-corrected chi connectivity index (χ1v) is 16.8. The van der Waals surface area contributed by atoms with E-state index >= 15 is 0 Å². The van der Waals surface area contributed by atoms with Crippen LogP contribution in [-0.4, -0.2) is 23.0 Å². The lowest BCUT2D eigenvalue weighted by Gasteiger charge is -2.37. The Morgan fingerprint density at radius 3 is 1.41 bits per heavy atom. The predicted molar refractivity (Wildman–Crippen MR) is 179 cm³/mol. The van der Waals surface area contributed by atoms with Crippen LogP contribution in [0, 0.1) is 0 Å². The number of hydrogen-bond acceptors (Lipinski definition) is 4. The van der Waals surface area contributed by atoms with E-state index in [-0.39, 0.29) is 0 Å². The molecule has 44 heavy (non-hydrogen) atoms. The van der Waals surface area contributed by atoms with E-state index in [2.05, 4.69) is 91.0 Å². The lowest BCUT2D eigenvalue weighted by atomic mass is 10.1. The highest BCUT2D eigenvalue weighted by atomic mass is 28.3. The van der Waals surface area contributed by atoms with Gasteiger partial charge in [-0.3, -0.25) is 0 Å². The van der Waals surface area contributed by atoms with Crippen molar-refractivity contribution in [1.29, 1.82) is 0 Å². The van der Waals surface area contributed by atoms with Gasteiger partial charge in [0.15, 0.2) is 25.5 Å². The molecule has 0 fully saturated rings. The molecule has 0 saturated heterocycles. The zero-order valence-corrected chi connectivity index (χ0v) is 24.7. The van der Waals surface area contributed by atoms with Crippen molar-refractivity contribution in [3.05, 3.63) is 152 Å². The van der Waals surface area contributed by atoms with E-state index in [1.807, 2.05) is 60.7 Å². The normalized spacial score (nSPS) is 13.4. The molecule has 5 heteroatoms. The molecule has 0 N–H and O–H groups in total. The summed E-state index contributed by atoms with van der Waals surface area (Å²) in [5.41, 5.74) is 5.46. The van der Waals surface area contributed by atoms with Gasteiger partial charge in [-0.2, -0.15) is 0 Å². The van der Waals surface area contributed by atoms with Crippen molar-refractivity contribution in [2.75, 3.05) is 0 Å². The molecule has 2 aliphatic rings. The molecule has 0 atom stereocenters. The van der Waals surface area contributed by atoms with Crippen molar-refractivity contribution in [2.45, 2.75) is 0 Å². The maximum atomic E-state index is 6.65. The highest BCUT2D eigenvalue weighted by Gasteiger charge is 2.53. The van der Waals surface area contributed by atoms with Gasteiger partial charge in [-0.15, -0.1) is 0 Å². The lowest BCUT2D eigenvalue weighted by Crippen LogP contribution is -2.74. The summed E-state index contributed by atoms with van der Waals surface area (Å²) in [5, 5.41) is 5.27. The summed E-state index contributed by atoms with van der Waals surface area (Å²) in [6.07, 6.45) is 0. The van der Waals surface area contributed by atoms with Crippen LogP contribution in [0.3, 0.4) is 0 Å². The van der Waals surface area contributed by atoms with Gasteiger partial charge in [0, 0.05) is 16.7 Å². The second kappa shape index (κ2) is 9.69.